The molecule has 0 radical (unpaired) electrons. The van der Waals surface area contributed by atoms with Crippen molar-refractivity contribution in [2.75, 3.05) is 6.61 Å². The highest BCUT2D eigenvalue weighted by Gasteiger charge is 2.21. The molecule has 22 heavy (non-hydrogen) atoms. The van der Waals surface area contributed by atoms with Crippen molar-refractivity contribution in [2.45, 2.75) is 6.92 Å². The van der Waals surface area contributed by atoms with Crippen LogP contribution in [0.2, 0.25) is 0 Å². The number of carbonyl (C=O) groups is 1. The van der Waals surface area contributed by atoms with E-state index in [0.29, 0.717) is 26.3 Å². The number of hydrogen-bond donors (Lipinski definition) is 2. The number of thioether (sulfide) groups is 1. The number of hydrogen-bond acceptors (Lipinski definition) is 6. The fourth-order valence-corrected chi connectivity index (χ4v) is 2.67. The van der Waals surface area contributed by atoms with Gasteiger partial charge in [-0.2, -0.15) is 0 Å². The van der Waals surface area contributed by atoms with E-state index < -0.39 is 0 Å². The van der Waals surface area contributed by atoms with Crippen LogP contribution in [0.4, 0.5) is 0 Å². The summed E-state index contributed by atoms with van der Waals surface area (Å²) in [6.45, 7) is 5.57. The van der Waals surface area contributed by atoms with Crippen molar-refractivity contribution in [3.63, 3.8) is 0 Å². The zero-order chi connectivity index (χ0) is 16.1. The SMILES string of the molecule is C=C(C)C(COc1ccc(/C=C2\SC(=S)NC2=O)cc1)=NO. The van der Waals surface area contributed by atoms with Gasteiger partial charge in [0.25, 0.3) is 5.91 Å². The van der Waals surface area contributed by atoms with Crippen molar-refractivity contribution in [3.8, 4) is 5.75 Å². The number of ether oxygens (including phenoxy) is 1. The molecule has 1 aromatic carbocycles. The molecule has 1 heterocycles. The number of oxime groups is 1. The monoisotopic (exact) mass is 334 g/mol. The lowest BCUT2D eigenvalue weighted by atomic mass is 10.2. The second kappa shape index (κ2) is 7.24. The van der Waals surface area contributed by atoms with Gasteiger partial charge >= 0.3 is 0 Å². The summed E-state index contributed by atoms with van der Waals surface area (Å²) in [6, 6.07) is 7.20. The molecule has 2 rings (SSSR count). The number of thiocarbonyl (C=S) groups is 1. The van der Waals surface area contributed by atoms with Crippen molar-refractivity contribution in [1.29, 1.82) is 0 Å². The molecule has 0 bridgehead atoms. The maximum absolute atomic E-state index is 11.6. The molecule has 0 saturated carbocycles. The lowest BCUT2D eigenvalue weighted by Crippen LogP contribution is -2.17. The van der Waals surface area contributed by atoms with Crippen molar-refractivity contribution in [1.82, 2.24) is 5.32 Å². The first-order valence-corrected chi connectivity index (χ1v) is 7.56. The molecule has 1 fully saturated rings. The molecule has 2 N–H and O–H groups in total. The van der Waals surface area contributed by atoms with E-state index >= 15 is 0 Å². The molecule has 114 valence electrons. The Morgan fingerprint density at radius 1 is 1.50 bits per heavy atom. The van der Waals surface area contributed by atoms with Crippen LogP contribution < -0.4 is 10.1 Å². The van der Waals surface area contributed by atoms with Crippen LogP contribution >= 0.6 is 24.0 Å². The third-order valence-electron chi connectivity index (χ3n) is 2.81. The summed E-state index contributed by atoms with van der Waals surface area (Å²) < 4.78 is 5.97. The summed E-state index contributed by atoms with van der Waals surface area (Å²) >= 11 is 6.17. The van der Waals surface area contributed by atoms with Crippen molar-refractivity contribution in [2.24, 2.45) is 5.16 Å². The minimum atomic E-state index is -0.180. The summed E-state index contributed by atoms with van der Waals surface area (Å²) in [5.74, 6) is 0.448. The summed E-state index contributed by atoms with van der Waals surface area (Å²) in [6.07, 6.45) is 1.76. The largest absolute Gasteiger partial charge is 0.487 e. The van der Waals surface area contributed by atoms with Gasteiger partial charge < -0.3 is 15.3 Å². The molecule has 0 spiro atoms. The standard InChI is InChI=1S/C15H14N2O3S2/c1-9(2)12(17-19)8-20-11-5-3-10(4-6-11)7-13-14(18)16-15(21)22-13/h3-7,19H,1,8H2,2H3,(H,16,18,21)/b13-7-,17-12?. The maximum Gasteiger partial charge on any atom is 0.263 e. The Labute approximate surface area is 137 Å². The summed E-state index contributed by atoms with van der Waals surface area (Å²) in [4.78, 5) is 12.1. The highest BCUT2D eigenvalue weighted by Crippen LogP contribution is 2.26. The van der Waals surface area contributed by atoms with Gasteiger partial charge in [-0.05, 0) is 36.3 Å². The van der Waals surface area contributed by atoms with Gasteiger partial charge in [-0.1, -0.05) is 47.8 Å². The Kier molecular flexibility index (Phi) is 5.35. The highest BCUT2D eigenvalue weighted by molar-refractivity contribution is 8.26. The van der Waals surface area contributed by atoms with E-state index in [4.69, 9.17) is 22.2 Å². The van der Waals surface area contributed by atoms with Gasteiger partial charge in [0.2, 0.25) is 0 Å². The fourth-order valence-electron chi connectivity index (χ4n) is 1.62. The Balaban J connectivity index is 2.02. The first-order valence-electron chi connectivity index (χ1n) is 6.34. The quantitative estimate of drug-likeness (QED) is 0.285. The lowest BCUT2D eigenvalue weighted by molar-refractivity contribution is -0.115. The zero-order valence-corrected chi connectivity index (χ0v) is 13.5. The van der Waals surface area contributed by atoms with Crippen molar-refractivity contribution >= 4 is 46.0 Å². The zero-order valence-electron chi connectivity index (χ0n) is 11.8. The average molecular weight is 334 g/mol. The van der Waals surface area contributed by atoms with E-state index in [1.54, 1.807) is 25.1 Å². The molecule has 1 saturated heterocycles. The first-order chi connectivity index (χ1) is 10.5. The number of nitrogens with one attached hydrogen (secondary N) is 1. The normalized spacial score (nSPS) is 16.8. The van der Waals surface area contributed by atoms with Gasteiger partial charge in [0.15, 0.2) is 0 Å². The Bertz CT molecular complexity index is 679. The predicted molar refractivity (Wildman–Crippen MR) is 92.3 cm³/mol. The Morgan fingerprint density at radius 3 is 2.68 bits per heavy atom. The van der Waals surface area contributed by atoms with Gasteiger partial charge in [0, 0.05) is 0 Å². The van der Waals surface area contributed by atoms with E-state index in [-0.39, 0.29) is 12.5 Å². The van der Waals surface area contributed by atoms with E-state index in [2.05, 4.69) is 17.1 Å². The molecule has 0 unspecified atom stereocenters. The van der Waals surface area contributed by atoms with Gasteiger partial charge in [0.05, 0.1) is 4.91 Å². The van der Waals surface area contributed by atoms with Crippen LogP contribution in [-0.4, -0.2) is 27.8 Å². The molecular weight excluding hydrogens is 320 g/mol. The molecule has 1 amide bonds. The third-order valence-corrected chi connectivity index (χ3v) is 3.97. The smallest absolute Gasteiger partial charge is 0.263 e. The van der Waals surface area contributed by atoms with Crippen molar-refractivity contribution in [3.05, 3.63) is 46.9 Å². The summed E-state index contributed by atoms with van der Waals surface area (Å²) in [7, 11) is 0. The van der Waals surface area contributed by atoms with Crippen LogP contribution in [-0.2, 0) is 4.79 Å². The Morgan fingerprint density at radius 2 is 2.18 bits per heavy atom. The molecule has 5 nitrogen and oxygen atoms in total. The van der Waals surface area contributed by atoms with E-state index in [0.717, 1.165) is 5.56 Å². The molecule has 0 aromatic heterocycles. The molecule has 1 aliphatic heterocycles. The highest BCUT2D eigenvalue weighted by atomic mass is 32.2. The van der Waals surface area contributed by atoms with Crippen LogP contribution in [0.15, 0.2) is 46.5 Å². The minimum Gasteiger partial charge on any atom is -0.487 e. The van der Waals surface area contributed by atoms with Gasteiger partial charge in [0.1, 0.15) is 22.4 Å². The van der Waals surface area contributed by atoms with Crippen LogP contribution in [0.3, 0.4) is 0 Å². The van der Waals surface area contributed by atoms with E-state index in [1.807, 2.05) is 12.1 Å². The maximum atomic E-state index is 11.6. The van der Waals surface area contributed by atoms with E-state index in [1.165, 1.54) is 11.8 Å². The number of amides is 1. The molecular formula is C15H14N2O3S2. The average Bonchev–Trinajstić information content (AvgIpc) is 2.79. The van der Waals surface area contributed by atoms with Gasteiger partial charge in [-0.15, -0.1) is 0 Å². The number of nitrogens with zero attached hydrogens (tertiary/aromatic N) is 1. The van der Waals surface area contributed by atoms with Crippen LogP contribution in [0, 0.1) is 0 Å². The summed E-state index contributed by atoms with van der Waals surface area (Å²) in [5, 5.41) is 14.5. The topological polar surface area (TPSA) is 70.9 Å². The van der Waals surface area contributed by atoms with Crippen LogP contribution in [0.25, 0.3) is 6.08 Å². The van der Waals surface area contributed by atoms with Crippen LogP contribution in [0.5, 0.6) is 5.75 Å². The second-order valence-electron chi connectivity index (χ2n) is 4.54. The third kappa shape index (κ3) is 4.19. The fraction of sp³-hybridized carbons (Fsp3) is 0.133. The minimum absolute atomic E-state index is 0.138. The van der Waals surface area contributed by atoms with Gasteiger partial charge in [-0.25, -0.2) is 0 Å². The van der Waals surface area contributed by atoms with Gasteiger partial charge in [-0.3, -0.25) is 4.79 Å². The van der Waals surface area contributed by atoms with Crippen molar-refractivity contribution < 1.29 is 14.7 Å². The van der Waals surface area contributed by atoms with E-state index in [9.17, 15) is 4.79 Å². The first kappa shape index (κ1) is 16.3. The molecule has 0 atom stereocenters. The van der Waals surface area contributed by atoms with Crippen LogP contribution in [0.1, 0.15) is 12.5 Å². The summed E-state index contributed by atoms with van der Waals surface area (Å²) in [5.41, 5.74) is 1.90. The lowest BCUT2D eigenvalue weighted by Gasteiger charge is -2.07. The molecule has 0 aliphatic carbocycles. The second-order valence-corrected chi connectivity index (χ2v) is 6.26. The molecule has 7 heteroatoms. The molecule has 1 aromatic rings. The Hall–Kier alpha value is -2.12. The number of carbonyl (C=O) groups excluding carboxylic acids is 1. The number of benzene rings is 1. The predicted octanol–water partition coefficient (Wildman–Crippen LogP) is 2.96. The molecule has 1 aliphatic rings. The number of rotatable bonds is 5.